The Kier molecular flexibility index (Phi) is 6.01. The Morgan fingerprint density at radius 2 is 1.92 bits per heavy atom. The van der Waals surface area contributed by atoms with Crippen molar-refractivity contribution in [3.05, 3.63) is 28.8 Å². The molecule has 0 bridgehead atoms. The predicted octanol–water partition coefficient (Wildman–Crippen LogP) is 2.73. The molecule has 1 saturated heterocycles. The van der Waals surface area contributed by atoms with Gasteiger partial charge in [0.15, 0.2) is 0 Å². The van der Waals surface area contributed by atoms with Gasteiger partial charge >= 0.3 is 6.18 Å². The van der Waals surface area contributed by atoms with Crippen molar-refractivity contribution in [2.45, 2.75) is 30.8 Å². The van der Waals surface area contributed by atoms with E-state index in [9.17, 15) is 26.4 Å². The second-order valence-corrected chi connectivity index (χ2v) is 8.19. The molecule has 0 aliphatic carbocycles. The first kappa shape index (κ1) is 20.0. The zero-order valence-corrected chi connectivity index (χ0v) is 15.0. The molecule has 1 aliphatic rings. The maximum Gasteiger partial charge on any atom is 0.405 e. The van der Waals surface area contributed by atoms with Crippen LogP contribution in [0.1, 0.15) is 18.4 Å². The number of carbonyl (C=O) groups excluding carboxylic acids is 1. The highest BCUT2D eigenvalue weighted by Crippen LogP contribution is 2.28. The third kappa shape index (κ3) is 4.86. The van der Waals surface area contributed by atoms with E-state index in [0.717, 1.165) is 0 Å². The van der Waals surface area contributed by atoms with Gasteiger partial charge in [-0.15, -0.1) is 0 Å². The number of piperidine rings is 1. The van der Waals surface area contributed by atoms with Gasteiger partial charge in [-0.1, -0.05) is 17.7 Å². The molecular weight excluding hydrogens is 381 g/mol. The lowest BCUT2D eigenvalue weighted by Gasteiger charge is -2.31. The lowest BCUT2D eigenvalue weighted by atomic mass is 9.97. The van der Waals surface area contributed by atoms with Crippen LogP contribution in [-0.2, 0) is 14.8 Å². The van der Waals surface area contributed by atoms with Gasteiger partial charge in [-0.2, -0.15) is 17.5 Å². The molecule has 5 nitrogen and oxygen atoms in total. The molecule has 1 aliphatic heterocycles. The summed E-state index contributed by atoms with van der Waals surface area (Å²) in [4.78, 5) is 11.9. The van der Waals surface area contributed by atoms with E-state index in [1.54, 1.807) is 19.1 Å². The van der Waals surface area contributed by atoms with Gasteiger partial charge in [0, 0.05) is 24.0 Å². The number of halogens is 4. The number of hydrogen-bond acceptors (Lipinski definition) is 3. The van der Waals surface area contributed by atoms with Gasteiger partial charge in [0.05, 0.1) is 4.90 Å². The van der Waals surface area contributed by atoms with E-state index in [1.807, 2.05) is 5.32 Å². The van der Waals surface area contributed by atoms with Gasteiger partial charge in [0.1, 0.15) is 6.54 Å². The van der Waals surface area contributed by atoms with Crippen LogP contribution in [0, 0.1) is 12.8 Å². The van der Waals surface area contributed by atoms with E-state index in [0.29, 0.717) is 10.6 Å². The van der Waals surface area contributed by atoms with Crippen LogP contribution in [0.25, 0.3) is 0 Å². The van der Waals surface area contributed by atoms with E-state index < -0.39 is 34.6 Å². The lowest BCUT2D eigenvalue weighted by Crippen LogP contribution is -2.44. The van der Waals surface area contributed by atoms with Crippen molar-refractivity contribution in [3.8, 4) is 0 Å². The standard InChI is InChI=1S/C15H18ClF3N2O3S/c1-10-12(16)3-2-4-13(10)25(23,24)21-7-5-11(6-8-21)14(22)20-9-15(17,18)19/h2-4,11H,5-9H2,1H3,(H,20,22). The summed E-state index contributed by atoms with van der Waals surface area (Å²) < 4.78 is 63.1. The van der Waals surface area contributed by atoms with Crippen molar-refractivity contribution in [1.29, 1.82) is 0 Å². The van der Waals surface area contributed by atoms with Gasteiger partial charge < -0.3 is 5.32 Å². The van der Waals surface area contributed by atoms with Crippen molar-refractivity contribution in [1.82, 2.24) is 9.62 Å². The van der Waals surface area contributed by atoms with Crippen molar-refractivity contribution in [3.63, 3.8) is 0 Å². The number of amides is 1. The van der Waals surface area contributed by atoms with Gasteiger partial charge in [-0.3, -0.25) is 4.79 Å². The molecule has 1 heterocycles. The summed E-state index contributed by atoms with van der Waals surface area (Å²) in [6.45, 7) is 0.357. The molecule has 0 aromatic heterocycles. The normalized spacial score (nSPS) is 17.5. The Labute approximate surface area is 149 Å². The molecule has 1 aromatic rings. The summed E-state index contributed by atoms with van der Waals surface area (Å²) in [6, 6.07) is 4.59. The number of hydrogen-bond donors (Lipinski definition) is 1. The molecular formula is C15H18ClF3N2O3S. The summed E-state index contributed by atoms with van der Waals surface area (Å²) in [5.41, 5.74) is 0.439. The summed E-state index contributed by atoms with van der Waals surface area (Å²) in [5.74, 6) is -1.33. The maximum atomic E-state index is 12.7. The Morgan fingerprint density at radius 3 is 2.48 bits per heavy atom. The van der Waals surface area contributed by atoms with E-state index in [4.69, 9.17) is 11.6 Å². The summed E-state index contributed by atoms with van der Waals surface area (Å²) in [5, 5.41) is 2.18. The second-order valence-electron chi connectivity index (χ2n) is 5.87. The predicted molar refractivity (Wildman–Crippen MR) is 86.7 cm³/mol. The largest absolute Gasteiger partial charge is 0.405 e. The minimum Gasteiger partial charge on any atom is -0.347 e. The highest BCUT2D eigenvalue weighted by molar-refractivity contribution is 7.89. The fourth-order valence-electron chi connectivity index (χ4n) is 2.70. The van der Waals surface area contributed by atoms with Crippen LogP contribution in [0.4, 0.5) is 13.2 Å². The van der Waals surface area contributed by atoms with Gasteiger partial charge in [-0.05, 0) is 37.5 Å². The van der Waals surface area contributed by atoms with E-state index >= 15 is 0 Å². The molecule has 0 saturated carbocycles. The molecule has 0 spiro atoms. The minimum atomic E-state index is -4.47. The lowest BCUT2D eigenvalue weighted by molar-refractivity contribution is -0.141. The second kappa shape index (κ2) is 7.51. The van der Waals surface area contributed by atoms with Crippen molar-refractivity contribution >= 4 is 27.5 Å². The Morgan fingerprint density at radius 1 is 1.32 bits per heavy atom. The molecule has 0 unspecified atom stereocenters. The molecule has 0 atom stereocenters. The van der Waals surface area contributed by atoms with Crippen LogP contribution in [0.2, 0.25) is 5.02 Å². The molecule has 2 rings (SSSR count). The zero-order valence-electron chi connectivity index (χ0n) is 13.4. The van der Waals surface area contributed by atoms with Crippen LogP contribution in [-0.4, -0.2) is 44.4 Å². The average Bonchev–Trinajstić information content (AvgIpc) is 2.54. The Bertz CT molecular complexity index is 745. The topological polar surface area (TPSA) is 66.5 Å². The fraction of sp³-hybridized carbons (Fsp3) is 0.533. The Hall–Kier alpha value is -1.32. The fourth-order valence-corrected chi connectivity index (χ4v) is 4.64. The first-order valence-electron chi connectivity index (χ1n) is 7.62. The number of benzene rings is 1. The number of carbonyl (C=O) groups is 1. The number of rotatable bonds is 4. The summed E-state index contributed by atoms with van der Waals surface area (Å²) in [7, 11) is -3.76. The third-order valence-electron chi connectivity index (χ3n) is 4.12. The molecule has 25 heavy (non-hydrogen) atoms. The van der Waals surface area contributed by atoms with Gasteiger partial charge in [0.2, 0.25) is 15.9 Å². The summed E-state index contributed by atoms with van der Waals surface area (Å²) in [6.07, 6.45) is -4.13. The molecule has 1 fully saturated rings. The number of alkyl halides is 3. The molecule has 1 amide bonds. The van der Waals surface area contributed by atoms with Crippen LogP contribution < -0.4 is 5.32 Å². The van der Waals surface area contributed by atoms with E-state index in [2.05, 4.69) is 0 Å². The average molecular weight is 399 g/mol. The van der Waals surface area contributed by atoms with Gasteiger partial charge in [0.25, 0.3) is 0 Å². The van der Waals surface area contributed by atoms with Crippen molar-refractivity contribution in [2.24, 2.45) is 5.92 Å². The number of nitrogens with one attached hydrogen (secondary N) is 1. The zero-order chi connectivity index (χ0) is 18.8. The Balaban J connectivity index is 2.02. The van der Waals surface area contributed by atoms with Crippen LogP contribution in [0.5, 0.6) is 0 Å². The minimum absolute atomic E-state index is 0.0678. The van der Waals surface area contributed by atoms with Crippen LogP contribution in [0.3, 0.4) is 0 Å². The smallest absolute Gasteiger partial charge is 0.347 e. The SMILES string of the molecule is Cc1c(Cl)cccc1S(=O)(=O)N1CCC(C(=O)NCC(F)(F)F)CC1. The van der Waals surface area contributed by atoms with Gasteiger partial charge in [-0.25, -0.2) is 8.42 Å². The van der Waals surface area contributed by atoms with Crippen molar-refractivity contribution in [2.75, 3.05) is 19.6 Å². The highest BCUT2D eigenvalue weighted by atomic mass is 35.5. The quantitative estimate of drug-likeness (QED) is 0.848. The highest BCUT2D eigenvalue weighted by Gasteiger charge is 2.34. The van der Waals surface area contributed by atoms with Crippen molar-refractivity contribution < 1.29 is 26.4 Å². The monoisotopic (exact) mass is 398 g/mol. The first-order valence-corrected chi connectivity index (χ1v) is 9.44. The first-order chi connectivity index (χ1) is 11.5. The molecule has 10 heteroatoms. The number of nitrogens with zero attached hydrogens (tertiary/aromatic N) is 1. The van der Waals surface area contributed by atoms with Crippen LogP contribution >= 0.6 is 11.6 Å². The van der Waals surface area contributed by atoms with E-state index in [1.165, 1.54) is 10.4 Å². The summed E-state index contributed by atoms with van der Waals surface area (Å²) >= 11 is 5.97. The van der Waals surface area contributed by atoms with Crippen LogP contribution in [0.15, 0.2) is 23.1 Å². The maximum absolute atomic E-state index is 12.7. The molecule has 140 valence electrons. The third-order valence-corrected chi connectivity index (χ3v) is 6.58. The number of sulfonamides is 1. The van der Waals surface area contributed by atoms with E-state index in [-0.39, 0.29) is 30.8 Å². The molecule has 1 N–H and O–H groups in total. The molecule has 0 radical (unpaired) electrons. The molecule has 1 aromatic carbocycles.